The highest BCUT2D eigenvalue weighted by Crippen LogP contribution is 2.16. The molecule has 2 N–H and O–H groups in total. The molecule has 0 aliphatic rings. The molecule has 126 valence electrons. The zero-order valence-corrected chi connectivity index (χ0v) is 14.9. The van der Waals surface area contributed by atoms with Gasteiger partial charge in [0.2, 0.25) is 11.8 Å². The molecule has 24 heavy (non-hydrogen) atoms. The van der Waals surface area contributed by atoms with E-state index in [1.54, 1.807) is 17.6 Å². The van der Waals surface area contributed by atoms with Crippen LogP contribution in [-0.4, -0.2) is 18.0 Å². The summed E-state index contributed by atoms with van der Waals surface area (Å²) in [5.41, 5.74) is 6.48. The van der Waals surface area contributed by atoms with E-state index in [1.807, 2.05) is 50.4 Å². The summed E-state index contributed by atoms with van der Waals surface area (Å²) < 4.78 is 0. The Labute approximate surface area is 145 Å². The van der Waals surface area contributed by atoms with Gasteiger partial charge in [-0.1, -0.05) is 17.7 Å². The second-order valence-corrected chi connectivity index (χ2v) is 6.58. The molecule has 0 radical (unpaired) electrons. The Hall–Kier alpha value is -2.47. The smallest absolute Gasteiger partial charge is 0.240 e. The van der Waals surface area contributed by atoms with Crippen molar-refractivity contribution in [1.82, 2.24) is 5.43 Å². The summed E-state index contributed by atoms with van der Waals surface area (Å²) in [5, 5.41) is 8.71. The van der Waals surface area contributed by atoms with E-state index in [0.717, 1.165) is 27.3 Å². The summed E-state index contributed by atoms with van der Waals surface area (Å²) in [5.74, 6) is -0.466. The SMILES string of the molecule is Cc1ccc(NC(=O)CCC(=O)N/N=C\c2sccc2C)c(C)c1. The van der Waals surface area contributed by atoms with Crippen molar-refractivity contribution < 1.29 is 9.59 Å². The van der Waals surface area contributed by atoms with Gasteiger partial charge >= 0.3 is 0 Å². The van der Waals surface area contributed by atoms with E-state index < -0.39 is 0 Å². The maximum atomic E-state index is 11.9. The summed E-state index contributed by atoms with van der Waals surface area (Å²) in [4.78, 5) is 24.7. The molecule has 0 spiro atoms. The van der Waals surface area contributed by atoms with Crippen molar-refractivity contribution in [3.8, 4) is 0 Å². The molecule has 0 atom stereocenters. The number of amides is 2. The van der Waals surface area contributed by atoms with Gasteiger partial charge in [0, 0.05) is 23.4 Å². The van der Waals surface area contributed by atoms with Crippen LogP contribution in [-0.2, 0) is 9.59 Å². The average molecular weight is 343 g/mol. The molecule has 6 heteroatoms. The van der Waals surface area contributed by atoms with Gasteiger partial charge in [-0.15, -0.1) is 11.3 Å². The lowest BCUT2D eigenvalue weighted by atomic mass is 10.1. The number of hydrogen-bond donors (Lipinski definition) is 2. The number of nitrogens with one attached hydrogen (secondary N) is 2. The topological polar surface area (TPSA) is 70.6 Å². The van der Waals surface area contributed by atoms with Gasteiger partial charge in [0.05, 0.1) is 6.21 Å². The van der Waals surface area contributed by atoms with Crippen LogP contribution in [0.1, 0.15) is 34.4 Å². The molecule has 2 amide bonds. The highest BCUT2D eigenvalue weighted by molar-refractivity contribution is 7.11. The molecule has 0 unspecified atom stereocenters. The first-order valence-corrected chi connectivity index (χ1v) is 8.57. The maximum absolute atomic E-state index is 11.9. The van der Waals surface area contributed by atoms with Gasteiger partial charge in [-0.05, 0) is 49.4 Å². The van der Waals surface area contributed by atoms with Crippen molar-refractivity contribution in [2.45, 2.75) is 33.6 Å². The number of hydrazone groups is 1. The molecule has 0 bridgehead atoms. The number of carbonyl (C=O) groups is 2. The van der Waals surface area contributed by atoms with E-state index in [-0.39, 0.29) is 24.7 Å². The Kier molecular flexibility index (Phi) is 6.26. The predicted octanol–water partition coefficient (Wildman–Crippen LogP) is 3.54. The molecule has 1 aromatic heterocycles. The van der Waals surface area contributed by atoms with Crippen LogP contribution >= 0.6 is 11.3 Å². The van der Waals surface area contributed by atoms with Crippen LogP contribution in [0.4, 0.5) is 5.69 Å². The minimum atomic E-state index is -0.281. The van der Waals surface area contributed by atoms with Gasteiger partial charge in [-0.2, -0.15) is 5.10 Å². The Morgan fingerprint density at radius 3 is 2.50 bits per heavy atom. The van der Waals surface area contributed by atoms with Gasteiger partial charge in [0.25, 0.3) is 0 Å². The number of benzene rings is 1. The molecule has 5 nitrogen and oxygen atoms in total. The fraction of sp³-hybridized carbons (Fsp3) is 0.278. The quantitative estimate of drug-likeness (QED) is 0.622. The molecular formula is C18H21N3O2S. The van der Waals surface area contributed by atoms with Crippen molar-refractivity contribution in [2.24, 2.45) is 5.10 Å². The van der Waals surface area contributed by atoms with Crippen LogP contribution in [0, 0.1) is 20.8 Å². The summed E-state index contributed by atoms with van der Waals surface area (Å²) >= 11 is 1.56. The minimum Gasteiger partial charge on any atom is -0.326 e. The lowest BCUT2D eigenvalue weighted by Crippen LogP contribution is -2.20. The zero-order valence-electron chi connectivity index (χ0n) is 14.1. The van der Waals surface area contributed by atoms with E-state index >= 15 is 0 Å². The Balaban J connectivity index is 1.76. The first kappa shape index (κ1) is 17.9. The number of aryl methyl sites for hydroxylation is 3. The highest BCUT2D eigenvalue weighted by Gasteiger charge is 2.08. The predicted molar refractivity (Wildman–Crippen MR) is 98.6 cm³/mol. The van der Waals surface area contributed by atoms with Crippen molar-refractivity contribution in [2.75, 3.05) is 5.32 Å². The fourth-order valence-corrected chi connectivity index (χ4v) is 2.92. The van der Waals surface area contributed by atoms with Crippen LogP contribution in [0.2, 0.25) is 0 Å². The summed E-state index contributed by atoms with van der Waals surface area (Å²) in [7, 11) is 0. The first-order chi connectivity index (χ1) is 11.5. The van der Waals surface area contributed by atoms with Gasteiger partial charge in [0.1, 0.15) is 0 Å². The molecule has 2 rings (SSSR count). The molecule has 0 aliphatic heterocycles. The second-order valence-electron chi connectivity index (χ2n) is 5.63. The summed E-state index contributed by atoms with van der Waals surface area (Å²) in [6.45, 7) is 5.93. The second kappa shape index (κ2) is 8.40. The van der Waals surface area contributed by atoms with E-state index in [9.17, 15) is 9.59 Å². The van der Waals surface area contributed by atoms with Crippen LogP contribution in [0.25, 0.3) is 0 Å². The molecule has 0 aliphatic carbocycles. The van der Waals surface area contributed by atoms with Gasteiger partial charge < -0.3 is 5.32 Å². The summed E-state index contributed by atoms with van der Waals surface area (Å²) in [6.07, 6.45) is 1.83. The normalized spacial score (nSPS) is 10.8. The van der Waals surface area contributed by atoms with Gasteiger partial charge in [-0.3, -0.25) is 9.59 Å². The Morgan fingerprint density at radius 1 is 1.08 bits per heavy atom. The van der Waals surface area contributed by atoms with Gasteiger partial charge in [-0.25, -0.2) is 5.43 Å². The van der Waals surface area contributed by atoms with E-state index in [2.05, 4.69) is 15.8 Å². The van der Waals surface area contributed by atoms with Crippen LogP contribution in [0.3, 0.4) is 0 Å². The third-order valence-corrected chi connectivity index (χ3v) is 4.46. The Bertz CT molecular complexity index is 765. The van der Waals surface area contributed by atoms with Crippen LogP contribution in [0.5, 0.6) is 0 Å². The van der Waals surface area contributed by atoms with E-state index in [4.69, 9.17) is 0 Å². The number of anilines is 1. The van der Waals surface area contributed by atoms with Crippen LogP contribution in [0.15, 0.2) is 34.7 Å². The molecule has 1 aromatic carbocycles. The molecule has 2 aromatic rings. The fourth-order valence-electron chi connectivity index (χ4n) is 2.13. The number of nitrogens with zero attached hydrogens (tertiary/aromatic N) is 1. The van der Waals surface area contributed by atoms with Crippen molar-refractivity contribution >= 4 is 35.1 Å². The number of thiophene rings is 1. The molecule has 0 saturated carbocycles. The number of carbonyl (C=O) groups excluding carboxylic acids is 2. The van der Waals surface area contributed by atoms with Crippen molar-refractivity contribution in [3.63, 3.8) is 0 Å². The standard InChI is InChI=1S/C18H21N3O2S/c1-12-4-5-15(14(3)10-12)20-17(22)6-7-18(23)21-19-11-16-13(2)8-9-24-16/h4-5,8-11H,6-7H2,1-3H3,(H,20,22)(H,21,23)/b19-11-. The Morgan fingerprint density at radius 2 is 1.83 bits per heavy atom. The molecule has 1 heterocycles. The lowest BCUT2D eigenvalue weighted by Gasteiger charge is -2.08. The number of hydrogen-bond acceptors (Lipinski definition) is 4. The third-order valence-electron chi connectivity index (χ3n) is 3.51. The maximum Gasteiger partial charge on any atom is 0.240 e. The third kappa shape index (κ3) is 5.31. The summed E-state index contributed by atoms with van der Waals surface area (Å²) in [6, 6.07) is 7.81. The largest absolute Gasteiger partial charge is 0.326 e. The molecular weight excluding hydrogens is 322 g/mol. The van der Waals surface area contributed by atoms with Gasteiger partial charge in [0.15, 0.2) is 0 Å². The van der Waals surface area contributed by atoms with Crippen molar-refractivity contribution in [1.29, 1.82) is 0 Å². The highest BCUT2D eigenvalue weighted by atomic mass is 32.1. The minimum absolute atomic E-state index is 0.0947. The van der Waals surface area contributed by atoms with E-state index in [0.29, 0.717) is 0 Å². The van der Waals surface area contributed by atoms with E-state index in [1.165, 1.54) is 0 Å². The molecule has 0 saturated heterocycles. The molecule has 0 fully saturated rings. The first-order valence-electron chi connectivity index (χ1n) is 7.69. The van der Waals surface area contributed by atoms with Crippen molar-refractivity contribution in [3.05, 3.63) is 51.2 Å². The van der Waals surface area contributed by atoms with Crippen LogP contribution < -0.4 is 10.7 Å². The zero-order chi connectivity index (χ0) is 17.5. The monoisotopic (exact) mass is 343 g/mol. The average Bonchev–Trinajstić information content (AvgIpc) is 2.93. The lowest BCUT2D eigenvalue weighted by molar-refractivity contribution is -0.124. The number of rotatable bonds is 6.